The normalized spacial score (nSPS) is 13.3. The van der Waals surface area contributed by atoms with E-state index in [1.807, 2.05) is 13.8 Å². The van der Waals surface area contributed by atoms with Crippen LogP contribution in [0.3, 0.4) is 0 Å². The molecule has 0 spiro atoms. The predicted octanol–water partition coefficient (Wildman–Crippen LogP) is 5.03. The van der Waals surface area contributed by atoms with E-state index >= 15 is 0 Å². The maximum Gasteiger partial charge on any atom is 0.430 e. The molecular weight excluding hydrogens is 376 g/mol. The Morgan fingerprint density at radius 2 is 1.48 bits per heavy atom. The van der Waals surface area contributed by atoms with Crippen molar-refractivity contribution < 1.29 is 36.2 Å². The lowest BCUT2D eigenvalue weighted by Gasteiger charge is -2.32. The number of hydrogen-bond acceptors (Lipinski definition) is 2. The Labute approximate surface area is 151 Å². The molecule has 0 unspecified atom stereocenters. The molecule has 1 aromatic carbocycles. The molecule has 27 heavy (non-hydrogen) atoms. The van der Waals surface area contributed by atoms with Gasteiger partial charge in [-0.3, -0.25) is 4.79 Å². The van der Waals surface area contributed by atoms with Crippen LogP contribution in [0.15, 0.2) is 30.3 Å². The average Bonchev–Trinajstić information content (AvgIpc) is 2.89. The first-order chi connectivity index (χ1) is 12.3. The third-order valence-electron chi connectivity index (χ3n) is 4.40. The van der Waals surface area contributed by atoms with Gasteiger partial charge in [0.15, 0.2) is 6.29 Å². The van der Waals surface area contributed by atoms with Gasteiger partial charge in [-0.2, -0.15) is 26.3 Å². The van der Waals surface area contributed by atoms with Gasteiger partial charge in [0.1, 0.15) is 0 Å². The van der Waals surface area contributed by atoms with Crippen LogP contribution >= 0.6 is 0 Å². The molecule has 0 saturated carbocycles. The van der Waals surface area contributed by atoms with Gasteiger partial charge >= 0.3 is 12.4 Å². The smallest absolute Gasteiger partial charge is 0.369 e. The fourth-order valence-corrected chi connectivity index (χ4v) is 2.88. The number of aldehydes is 1. The second-order valence-electron chi connectivity index (χ2n) is 6.47. The van der Waals surface area contributed by atoms with E-state index in [9.17, 15) is 36.2 Å². The summed E-state index contributed by atoms with van der Waals surface area (Å²) in [5.41, 5.74) is -4.49. The van der Waals surface area contributed by atoms with Gasteiger partial charge in [0.25, 0.3) is 5.60 Å². The maximum absolute atomic E-state index is 13.0. The Balaban J connectivity index is 2.62. The zero-order valence-electron chi connectivity index (χ0n) is 14.6. The van der Waals surface area contributed by atoms with Crippen molar-refractivity contribution in [2.75, 3.05) is 0 Å². The maximum atomic E-state index is 13.0. The van der Waals surface area contributed by atoms with E-state index in [1.54, 1.807) is 17.6 Å². The fraction of sp³-hybridized carbons (Fsp3) is 0.389. The van der Waals surface area contributed by atoms with Gasteiger partial charge in [0, 0.05) is 28.2 Å². The minimum absolute atomic E-state index is 0.0561. The summed E-state index contributed by atoms with van der Waals surface area (Å²) >= 11 is 0. The summed E-state index contributed by atoms with van der Waals surface area (Å²) < 4.78 is 79.5. The van der Waals surface area contributed by atoms with Gasteiger partial charge in [0.05, 0.1) is 0 Å². The lowest BCUT2D eigenvalue weighted by molar-refractivity contribution is -0.376. The van der Waals surface area contributed by atoms with E-state index < -0.39 is 23.5 Å². The van der Waals surface area contributed by atoms with E-state index in [4.69, 9.17) is 0 Å². The number of carbonyl (C=O) groups excluding carboxylic acids is 1. The summed E-state index contributed by atoms with van der Waals surface area (Å²) in [5, 5.41) is 9.45. The molecule has 0 aliphatic rings. The number of hydrogen-bond donors (Lipinski definition) is 1. The molecule has 2 aromatic rings. The van der Waals surface area contributed by atoms with Crippen LogP contribution in [-0.2, 0) is 5.60 Å². The fourth-order valence-electron chi connectivity index (χ4n) is 2.88. The highest BCUT2D eigenvalue weighted by atomic mass is 19.4. The third-order valence-corrected chi connectivity index (χ3v) is 4.40. The minimum Gasteiger partial charge on any atom is -0.369 e. The number of aromatic nitrogens is 1. The van der Waals surface area contributed by atoms with Crippen LogP contribution in [0.4, 0.5) is 26.3 Å². The Kier molecular flexibility index (Phi) is 5.22. The summed E-state index contributed by atoms with van der Waals surface area (Å²) in [6.45, 7) is 5.28. The van der Waals surface area contributed by atoms with Crippen LogP contribution in [0.25, 0.3) is 5.69 Å². The van der Waals surface area contributed by atoms with E-state index in [2.05, 4.69) is 0 Å². The van der Waals surface area contributed by atoms with E-state index in [0.29, 0.717) is 35.4 Å². The summed E-state index contributed by atoms with van der Waals surface area (Å²) in [4.78, 5) is 11.2. The molecule has 0 saturated heterocycles. The van der Waals surface area contributed by atoms with Gasteiger partial charge in [-0.05, 0) is 31.0 Å². The second kappa shape index (κ2) is 6.70. The lowest BCUT2D eigenvalue weighted by Crippen LogP contribution is -2.53. The number of aliphatic hydroxyl groups is 1. The molecule has 0 aliphatic heterocycles. The first-order valence-corrected chi connectivity index (χ1v) is 7.89. The molecule has 9 heteroatoms. The van der Waals surface area contributed by atoms with Gasteiger partial charge < -0.3 is 9.67 Å². The molecule has 0 radical (unpaired) electrons. The highest BCUT2D eigenvalue weighted by molar-refractivity contribution is 5.78. The van der Waals surface area contributed by atoms with Gasteiger partial charge in [-0.1, -0.05) is 26.0 Å². The highest BCUT2D eigenvalue weighted by Gasteiger charge is 2.71. The second-order valence-corrected chi connectivity index (χ2v) is 6.47. The van der Waals surface area contributed by atoms with Crippen molar-refractivity contribution in [3.05, 3.63) is 52.8 Å². The van der Waals surface area contributed by atoms with Crippen molar-refractivity contribution in [1.82, 2.24) is 4.57 Å². The minimum atomic E-state index is -5.94. The van der Waals surface area contributed by atoms with Crippen molar-refractivity contribution in [2.24, 2.45) is 0 Å². The Morgan fingerprint density at radius 3 is 1.85 bits per heavy atom. The lowest BCUT2D eigenvalue weighted by atomic mass is 9.92. The molecule has 0 fully saturated rings. The first-order valence-electron chi connectivity index (χ1n) is 7.89. The Bertz CT molecular complexity index is 817. The quantitative estimate of drug-likeness (QED) is 0.585. The molecule has 1 heterocycles. The van der Waals surface area contributed by atoms with Crippen molar-refractivity contribution in [1.29, 1.82) is 0 Å². The van der Waals surface area contributed by atoms with E-state index in [-0.39, 0.29) is 11.6 Å². The molecule has 148 valence electrons. The van der Waals surface area contributed by atoms with Crippen LogP contribution < -0.4 is 0 Å². The van der Waals surface area contributed by atoms with Crippen molar-refractivity contribution in [3.63, 3.8) is 0 Å². The van der Waals surface area contributed by atoms with Crippen LogP contribution in [0.2, 0.25) is 0 Å². The molecule has 3 nitrogen and oxygen atoms in total. The Hall–Kier alpha value is -2.29. The van der Waals surface area contributed by atoms with Gasteiger partial charge in [-0.25, -0.2) is 0 Å². The van der Waals surface area contributed by atoms with E-state index in [1.165, 1.54) is 0 Å². The predicted molar refractivity (Wildman–Crippen MR) is 86.0 cm³/mol. The molecule has 0 amide bonds. The molecule has 0 aliphatic carbocycles. The molecular formula is C18H17F6NO2. The monoisotopic (exact) mass is 393 g/mol. The number of alkyl halides is 6. The summed E-state index contributed by atoms with van der Waals surface area (Å²) in [5.74, 6) is -0.0561. The standard InChI is InChI=1S/C18H17F6NO2/c1-10(2)15-8-12(9-26)11(3)25(15)14-6-4-13(5-7-14)16(27,17(19,20)21)18(22,23)24/h4-10,27H,1-3H3. The molecule has 1 aromatic heterocycles. The zero-order valence-corrected chi connectivity index (χ0v) is 14.6. The molecule has 0 atom stereocenters. The van der Waals surface area contributed by atoms with Crippen molar-refractivity contribution >= 4 is 6.29 Å². The topological polar surface area (TPSA) is 42.2 Å². The highest BCUT2D eigenvalue weighted by Crippen LogP contribution is 2.50. The van der Waals surface area contributed by atoms with Gasteiger partial charge in [0.2, 0.25) is 0 Å². The summed E-state index contributed by atoms with van der Waals surface area (Å²) in [7, 11) is 0. The average molecular weight is 393 g/mol. The largest absolute Gasteiger partial charge is 0.430 e. The first kappa shape index (κ1) is 21.0. The summed E-state index contributed by atoms with van der Waals surface area (Å²) in [6, 6.07) is 4.88. The van der Waals surface area contributed by atoms with Crippen LogP contribution in [-0.4, -0.2) is 28.3 Å². The van der Waals surface area contributed by atoms with Crippen LogP contribution in [0.5, 0.6) is 0 Å². The summed E-state index contributed by atoms with van der Waals surface area (Å²) in [6.07, 6.45) is -11.3. The van der Waals surface area contributed by atoms with Crippen molar-refractivity contribution in [3.8, 4) is 5.69 Å². The zero-order chi connectivity index (χ0) is 20.8. The SMILES string of the molecule is Cc1c(C=O)cc(C(C)C)n1-c1ccc(C(O)(C(F)(F)F)C(F)(F)F)cc1. The number of nitrogens with zero attached hydrogens (tertiary/aromatic N) is 1. The third kappa shape index (κ3) is 3.36. The van der Waals surface area contributed by atoms with Crippen molar-refractivity contribution in [2.45, 2.75) is 44.6 Å². The number of rotatable bonds is 4. The van der Waals surface area contributed by atoms with Gasteiger partial charge in [-0.15, -0.1) is 0 Å². The van der Waals surface area contributed by atoms with E-state index in [0.717, 1.165) is 12.1 Å². The van der Waals surface area contributed by atoms with Crippen LogP contribution in [0, 0.1) is 6.92 Å². The number of halogens is 6. The molecule has 1 N–H and O–H groups in total. The number of benzene rings is 1. The number of carbonyl (C=O) groups is 1. The molecule has 2 rings (SSSR count). The van der Waals surface area contributed by atoms with Crippen LogP contribution in [0.1, 0.15) is 47.1 Å². The Morgan fingerprint density at radius 1 is 1.00 bits per heavy atom. The molecule has 0 bridgehead atoms.